The molecule has 0 spiro atoms. The van der Waals surface area contributed by atoms with Crippen LogP contribution in [-0.2, 0) is 13.0 Å². The molecule has 0 atom stereocenters. The van der Waals surface area contributed by atoms with Gasteiger partial charge >= 0.3 is 0 Å². The second-order valence-corrected chi connectivity index (χ2v) is 3.55. The molecule has 1 aromatic heterocycles. The maximum Gasteiger partial charge on any atom is 0.105 e. The normalized spacial score (nSPS) is 10.7. The van der Waals surface area contributed by atoms with Gasteiger partial charge in [-0.2, -0.15) is 0 Å². The summed E-state index contributed by atoms with van der Waals surface area (Å²) in [7, 11) is 0. The standard InChI is InChI=1S/C11H20N2/c1-4-6-7-11-9-12-10(3)13(11)8-5-2/h9H,4-8H2,1-3H3. The van der Waals surface area contributed by atoms with Crippen molar-refractivity contribution in [2.45, 2.75) is 53.0 Å². The van der Waals surface area contributed by atoms with E-state index in [4.69, 9.17) is 0 Å². The Bertz CT molecular complexity index is 251. The van der Waals surface area contributed by atoms with Crippen LogP contribution in [0, 0.1) is 6.92 Å². The first-order chi connectivity index (χ1) is 6.29. The third-order valence-electron chi connectivity index (χ3n) is 2.37. The summed E-state index contributed by atoms with van der Waals surface area (Å²) in [5.74, 6) is 1.16. The van der Waals surface area contributed by atoms with Gasteiger partial charge in [0.25, 0.3) is 0 Å². The number of rotatable bonds is 5. The first-order valence-corrected chi connectivity index (χ1v) is 5.30. The van der Waals surface area contributed by atoms with Gasteiger partial charge in [0.15, 0.2) is 0 Å². The Balaban J connectivity index is 2.68. The molecule has 0 radical (unpaired) electrons. The maximum atomic E-state index is 4.35. The van der Waals surface area contributed by atoms with Gasteiger partial charge in [-0.3, -0.25) is 0 Å². The van der Waals surface area contributed by atoms with Crippen LogP contribution in [0.15, 0.2) is 6.20 Å². The summed E-state index contributed by atoms with van der Waals surface area (Å²) < 4.78 is 2.34. The van der Waals surface area contributed by atoms with E-state index in [1.807, 2.05) is 6.20 Å². The number of nitrogens with zero attached hydrogens (tertiary/aromatic N) is 2. The van der Waals surface area contributed by atoms with E-state index in [0.29, 0.717) is 0 Å². The lowest BCUT2D eigenvalue weighted by atomic mass is 10.2. The number of aryl methyl sites for hydroxylation is 2. The average Bonchev–Trinajstić information content (AvgIpc) is 2.46. The molecule has 0 fully saturated rings. The molecular formula is C11H20N2. The zero-order chi connectivity index (χ0) is 9.68. The van der Waals surface area contributed by atoms with Crippen molar-refractivity contribution in [3.63, 3.8) is 0 Å². The van der Waals surface area contributed by atoms with Crippen LogP contribution in [0.25, 0.3) is 0 Å². The van der Waals surface area contributed by atoms with Crippen molar-refractivity contribution in [2.24, 2.45) is 0 Å². The molecule has 1 heterocycles. The monoisotopic (exact) mass is 180 g/mol. The van der Waals surface area contributed by atoms with E-state index in [2.05, 4.69) is 30.3 Å². The highest BCUT2D eigenvalue weighted by Crippen LogP contribution is 2.09. The summed E-state index contributed by atoms with van der Waals surface area (Å²) in [6.07, 6.45) is 6.93. The molecule has 0 N–H and O–H groups in total. The number of hydrogen-bond acceptors (Lipinski definition) is 1. The molecule has 13 heavy (non-hydrogen) atoms. The molecule has 2 heteroatoms. The highest BCUT2D eigenvalue weighted by molar-refractivity contribution is 5.04. The molecule has 0 aromatic carbocycles. The Kier molecular flexibility index (Phi) is 4.00. The summed E-state index contributed by atoms with van der Waals surface area (Å²) in [5.41, 5.74) is 1.40. The minimum atomic E-state index is 1.12. The molecule has 0 saturated carbocycles. The Labute approximate surface area is 81.0 Å². The summed E-state index contributed by atoms with van der Waals surface area (Å²) in [6, 6.07) is 0. The van der Waals surface area contributed by atoms with Gasteiger partial charge in [0.2, 0.25) is 0 Å². The topological polar surface area (TPSA) is 17.8 Å². The molecule has 0 aliphatic rings. The molecule has 0 bridgehead atoms. The third kappa shape index (κ3) is 2.58. The molecule has 0 aliphatic carbocycles. The van der Waals surface area contributed by atoms with Crippen molar-refractivity contribution in [1.82, 2.24) is 9.55 Å². The Hall–Kier alpha value is -0.790. The second-order valence-electron chi connectivity index (χ2n) is 3.55. The van der Waals surface area contributed by atoms with E-state index in [1.54, 1.807) is 0 Å². The highest BCUT2D eigenvalue weighted by atomic mass is 15.1. The van der Waals surface area contributed by atoms with E-state index in [0.717, 1.165) is 12.4 Å². The molecule has 0 amide bonds. The fraction of sp³-hybridized carbons (Fsp3) is 0.727. The quantitative estimate of drug-likeness (QED) is 0.681. The van der Waals surface area contributed by atoms with Crippen molar-refractivity contribution in [2.75, 3.05) is 0 Å². The van der Waals surface area contributed by atoms with E-state index >= 15 is 0 Å². The maximum absolute atomic E-state index is 4.35. The molecular weight excluding hydrogens is 160 g/mol. The van der Waals surface area contributed by atoms with Gasteiger partial charge in [0.1, 0.15) is 5.82 Å². The van der Waals surface area contributed by atoms with Crippen LogP contribution >= 0.6 is 0 Å². The van der Waals surface area contributed by atoms with Crippen molar-refractivity contribution in [3.05, 3.63) is 17.7 Å². The Morgan fingerprint density at radius 2 is 2.08 bits per heavy atom. The van der Waals surface area contributed by atoms with Crippen molar-refractivity contribution >= 4 is 0 Å². The van der Waals surface area contributed by atoms with Gasteiger partial charge in [0, 0.05) is 18.4 Å². The van der Waals surface area contributed by atoms with E-state index in [-0.39, 0.29) is 0 Å². The summed E-state index contributed by atoms with van der Waals surface area (Å²) >= 11 is 0. The second kappa shape index (κ2) is 5.05. The Morgan fingerprint density at radius 1 is 1.31 bits per heavy atom. The van der Waals surface area contributed by atoms with Gasteiger partial charge < -0.3 is 4.57 Å². The van der Waals surface area contributed by atoms with Crippen molar-refractivity contribution < 1.29 is 0 Å². The molecule has 0 aliphatic heterocycles. The van der Waals surface area contributed by atoms with Crippen LogP contribution in [0.3, 0.4) is 0 Å². The molecule has 0 saturated heterocycles. The van der Waals surface area contributed by atoms with Crippen LogP contribution in [0.4, 0.5) is 0 Å². The minimum absolute atomic E-state index is 1.12. The predicted octanol–water partition coefficient (Wildman–Crippen LogP) is 2.94. The molecule has 1 rings (SSSR count). The lowest BCUT2D eigenvalue weighted by Gasteiger charge is -2.07. The smallest absolute Gasteiger partial charge is 0.105 e. The van der Waals surface area contributed by atoms with Crippen LogP contribution in [-0.4, -0.2) is 9.55 Å². The van der Waals surface area contributed by atoms with Crippen LogP contribution < -0.4 is 0 Å². The summed E-state index contributed by atoms with van der Waals surface area (Å²) in [4.78, 5) is 4.35. The van der Waals surface area contributed by atoms with Crippen molar-refractivity contribution in [3.8, 4) is 0 Å². The summed E-state index contributed by atoms with van der Waals surface area (Å²) in [5, 5.41) is 0. The number of aromatic nitrogens is 2. The SMILES string of the molecule is CCCCc1cnc(C)n1CCC. The average molecular weight is 180 g/mol. The van der Waals surface area contributed by atoms with Crippen molar-refractivity contribution in [1.29, 1.82) is 0 Å². The molecule has 0 unspecified atom stereocenters. The lowest BCUT2D eigenvalue weighted by molar-refractivity contribution is 0.615. The van der Waals surface area contributed by atoms with Crippen LogP contribution in [0.5, 0.6) is 0 Å². The minimum Gasteiger partial charge on any atom is -0.332 e. The van der Waals surface area contributed by atoms with Gasteiger partial charge in [-0.15, -0.1) is 0 Å². The van der Waals surface area contributed by atoms with Gasteiger partial charge in [-0.1, -0.05) is 20.3 Å². The van der Waals surface area contributed by atoms with E-state index < -0.39 is 0 Å². The highest BCUT2D eigenvalue weighted by Gasteiger charge is 2.04. The fourth-order valence-electron chi connectivity index (χ4n) is 1.60. The third-order valence-corrected chi connectivity index (χ3v) is 2.37. The largest absolute Gasteiger partial charge is 0.332 e. The van der Waals surface area contributed by atoms with E-state index in [9.17, 15) is 0 Å². The van der Waals surface area contributed by atoms with Gasteiger partial charge in [-0.05, 0) is 26.2 Å². The first kappa shape index (κ1) is 10.3. The number of imidazole rings is 1. The number of hydrogen-bond donors (Lipinski definition) is 0. The predicted molar refractivity (Wildman–Crippen MR) is 55.9 cm³/mol. The Morgan fingerprint density at radius 3 is 2.69 bits per heavy atom. The van der Waals surface area contributed by atoms with E-state index in [1.165, 1.54) is 31.4 Å². The lowest BCUT2D eigenvalue weighted by Crippen LogP contribution is -2.04. The zero-order valence-corrected chi connectivity index (χ0v) is 9.01. The van der Waals surface area contributed by atoms with Crippen LogP contribution in [0.2, 0.25) is 0 Å². The van der Waals surface area contributed by atoms with Gasteiger partial charge in [-0.25, -0.2) is 4.98 Å². The molecule has 74 valence electrons. The number of unbranched alkanes of at least 4 members (excludes halogenated alkanes) is 1. The fourth-order valence-corrected chi connectivity index (χ4v) is 1.60. The zero-order valence-electron chi connectivity index (χ0n) is 9.01. The molecule has 1 aromatic rings. The van der Waals surface area contributed by atoms with Crippen LogP contribution in [0.1, 0.15) is 44.6 Å². The van der Waals surface area contributed by atoms with Gasteiger partial charge in [0.05, 0.1) is 0 Å². The summed E-state index contributed by atoms with van der Waals surface area (Å²) in [6.45, 7) is 7.65. The molecule has 2 nitrogen and oxygen atoms in total. The first-order valence-electron chi connectivity index (χ1n) is 5.30.